The van der Waals surface area contributed by atoms with Crippen LogP contribution in [0.1, 0.15) is 31.4 Å². The number of anilines is 1. The van der Waals surface area contributed by atoms with Gasteiger partial charge in [0.1, 0.15) is 0 Å². The third-order valence-electron chi connectivity index (χ3n) is 4.13. The Balaban J connectivity index is 1.73. The molecule has 4 nitrogen and oxygen atoms in total. The molecular weight excluding hydrogens is 226 g/mol. The first-order valence-corrected chi connectivity index (χ1v) is 6.89. The molecule has 0 radical (unpaired) electrons. The lowest BCUT2D eigenvalue weighted by molar-refractivity contribution is -0.0913. The van der Waals surface area contributed by atoms with Gasteiger partial charge in [-0.15, -0.1) is 0 Å². The van der Waals surface area contributed by atoms with Gasteiger partial charge in [-0.25, -0.2) is 0 Å². The molecule has 98 valence electrons. The van der Waals surface area contributed by atoms with Crippen LogP contribution in [0.2, 0.25) is 0 Å². The third kappa shape index (κ3) is 2.35. The highest BCUT2D eigenvalue weighted by molar-refractivity contribution is 5.41. The lowest BCUT2D eigenvalue weighted by Crippen LogP contribution is -2.52. The zero-order valence-corrected chi connectivity index (χ0v) is 10.7. The van der Waals surface area contributed by atoms with Crippen molar-refractivity contribution in [1.82, 2.24) is 9.88 Å². The van der Waals surface area contributed by atoms with Gasteiger partial charge in [0.05, 0.1) is 24.1 Å². The lowest BCUT2D eigenvalue weighted by Gasteiger charge is -2.43. The fraction of sp³-hybridized carbons (Fsp3) is 0.643. The first-order chi connectivity index (χ1) is 8.84. The Kier molecular flexibility index (Phi) is 3.48. The molecule has 1 aliphatic carbocycles. The van der Waals surface area contributed by atoms with Crippen molar-refractivity contribution in [2.45, 2.75) is 44.4 Å². The van der Waals surface area contributed by atoms with Crippen LogP contribution in [0.5, 0.6) is 0 Å². The van der Waals surface area contributed by atoms with E-state index in [2.05, 4.69) is 9.88 Å². The van der Waals surface area contributed by atoms with Gasteiger partial charge in [-0.2, -0.15) is 0 Å². The Hall–Kier alpha value is -1.13. The minimum absolute atomic E-state index is 0.428. The van der Waals surface area contributed by atoms with Gasteiger partial charge in [0.25, 0.3) is 0 Å². The van der Waals surface area contributed by atoms with Crippen LogP contribution in [0.4, 0.5) is 5.69 Å². The Morgan fingerprint density at radius 2 is 2.28 bits per heavy atom. The molecule has 0 spiro atoms. The van der Waals surface area contributed by atoms with Gasteiger partial charge < -0.3 is 10.5 Å². The summed E-state index contributed by atoms with van der Waals surface area (Å²) in [6, 6.07) is 4.39. The van der Waals surface area contributed by atoms with E-state index >= 15 is 0 Å². The molecule has 2 heterocycles. The molecular formula is C14H21N3O. The molecule has 0 aromatic carbocycles. The van der Waals surface area contributed by atoms with Crippen LogP contribution in [-0.4, -0.2) is 35.2 Å². The second kappa shape index (κ2) is 5.24. The van der Waals surface area contributed by atoms with Crippen LogP contribution in [0.15, 0.2) is 18.3 Å². The molecule has 2 aliphatic rings. The number of morpholine rings is 1. The normalized spacial score (nSPS) is 28.9. The van der Waals surface area contributed by atoms with Crippen LogP contribution < -0.4 is 5.73 Å². The Morgan fingerprint density at radius 1 is 1.39 bits per heavy atom. The maximum absolute atomic E-state index is 5.99. The average molecular weight is 247 g/mol. The van der Waals surface area contributed by atoms with Gasteiger partial charge in [0, 0.05) is 25.3 Å². The third-order valence-corrected chi connectivity index (χ3v) is 4.13. The highest BCUT2D eigenvalue weighted by Gasteiger charge is 2.34. The summed E-state index contributed by atoms with van der Waals surface area (Å²) < 4.78 is 5.89. The van der Waals surface area contributed by atoms with Crippen LogP contribution in [0.3, 0.4) is 0 Å². The van der Waals surface area contributed by atoms with Crippen LogP contribution in [0.25, 0.3) is 0 Å². The Labute approximate surface area is 108 Å². The van der Waals surface area contributed by atoms with Crippen molar-refractivity contribution in [2.75, 3.05) is 18.9 Å². The largest absolute Gasteiger partial charge is 0.397 e. The van der Waals surface area contributed by atoms with Crippen molar-refractivity contribution in [3.63, 3.8) is 0 Å². The van der Waals surface area contributed by atoms with E-state index in [4.69, 9.17) is 10.5 Å². The summed E-state index contributed by atoms with van der Waals surface area (Å²) in [6.07, 6.45) is 7.33. The monoisotopic (exact) mass is 247 g/mol. The molecule has 0 amide bonds. The zero-order valence-electron chi connectivity index (χ0n) is 10.7. The summed E-state index contributed by atoms with van der Waals surface area (Å²) in [5.74, 6) is 0. The summed E-state index contributed by atoms with van der Waals surface area (Å²) in [4.78, 5) is 6.91. The van der Waals surface area contributed by atoms with Crippen LogP contribution >= 0.6 is 0 Å². The van der Waals surface area contributed by atoms with Crippen molar-refractivity contribution in [3.8, 4) is 0 Å². The molecule has 1 saturated carbocycles. The number of nitrogens with zero attached hydrogens (tertiary/aromatic N) is 2. The molecule has 4 heteroatoms. The van der Waals surface area contributed by atoms with E-state index in [1.54, 1.807) is 0 Å². The average Bonchev–Trinajstić information content (AvgIpc) is 2.42. The standard InChI is InChI=1S/C14H21N3O/c15-11-4-3-7-16-12(11)10-17-8-9-18-14-6-2-1-5-13(14)17/h3-4,7,13-14H,1-2,5-6,8-10,15H2. The van der Waals surface area contributed by atoms with Gasteiger partial charge in [-0.05, 0) is 25.0 Å². The summed E-state index contributed by atoms with van der Waals surface area (Å²) in [7, 11) is 0. The SMILES string of the molecule is Nc1cccnc1CN1CCOC2CCCCC21. The van der Waals surface area contributed by atoms with Crippen LogP contribution in [0, 0.1) is 0 Å². The number of ether oxygens (including phenoxy) is 1. The highest BCUT2D eigenvalue weighted by atomic mass is 16.5. The summed E-state index contributed by atoms with van der Waals surface area (Å²) >= 11 is 0. The number of pyridine rings is 1. The van der Waals surface area contributed by atoms with E-state index in [0.717, 1.165) is 31.1 Å². The van der Waals surface area contributed by atoms with Gasteiger partial charge >= 0.3 is 0 Å². The van der Waals surface area contributed by atoms with E-state index < -0.39 is 0 Å². The number of nitrogen functional groups attached to an aromatic ring is 1. The molecule has 2 atom stereocenters. The summed E-state index contributed by atoms with van der Waals surface area (Å²) in [5, 5.41) is 0. The quantitative estimate of drug-likeness (QED) is 0.866. The maximum atomic E-state index is 5.99. The molecule has 3 rings (SSSR count). The summed E-state index contributed by atoms with van der Waals surface area (Å²) in [6.45, 7) is 2.70. The second-order valence-electron chi connectivity index (χ2n) is 5.27. The zero-order chi connectivity index (χ0) is 12.4. The fourth-order valence-electron chi connectivity index (χ4n) is 3.15. The van der Waals surface area contributed by atoms with Gasteiger partial charge in [0.15, 0.2) is 0 Å². The molecule has 2 unspecified atom stereocenters. The number of hydrogen-bond acceptors (Lipinski definition) is 4. The number of aromatic nitrogens is 1. The summed E-state index contributed by atoms with van der Waals surface area (Å²) in [5.41, 5.74) is 7.79. The fourth-order valence-corrected chi connectivity index (χ4v) is 3.15. The molecule has 1 aromatic rings. The second-order valence-corrected chi connectivity index (χ2v) is 5.27. The number of rotatable bonds is 2. The van der Waals surface area contributed by atoms with Crippen LogP contribution in [-0.2, 0) is 11.3 Å². The van der Waals surface area contributed by atoms with Gasteiger partial charge in [-0.3, -0.25) is 9.88 Å². The smallest absolute Gasteiger partial charge is 0.0772 e. The van der Waals surface area contributed by atoms with Gasteiger partial charge in [0.2, 0.25) is 0 Å². The van der Waals surface area contributed by atoms with Crippen molar-refractivity contribution in [2.24, 2.45) is 0 Å². The molecule has 1 aliphatic heterocycles. The van der Waals surface area contributed by atoms with Crippen molar-refractivity contribution >= 4 is 5.69 Å². The molecule has 1 aromatic heterocycles. The van der Waals surface area contributed by atoms with E-state index in [9.17, 15) is 0 Å². The van der Waals surface area contributed by atoms with Gasteiger partial charge in [-0.1, -0.05) is 12.8 Å². The number of hydrogen-bond donors (Lipinski definition) is 1. The number of fused-ring (bicyclic) bond motifs is 1. The molecule has 18 heavy (non-hydrogen) atoms. The first kappa shape index (κ1) is 11.9. The van der Waals surface area contributed by atoms with Crippen molar-refractivity contribution in [1.29, 1.82) is 0 Å². The molecule has 1 saturated heterocycles. The minimum Gasteiger partial charge on any atom is -0.397 e. The minimum atomic E-state index is 0.428. The predicted molar refractivity (Wildman–Crippen MR) is 71.1 cm³/mol. The lowest BCUT2D eigenvalue weighted by atomic mass is 9.90. The molecule has 2 N–H and O–H groups in total. The van der Waals surface area contributed by atoms with Crippen molar-refractivity contribution < 1.29 is 4.74 Å². The van der Waals surface area contributed by atoms with E-state index in [0.29, 0.717) is 12.1 Å². The number of nitrogens with two attached hydrogens (primary N) is 1. The Morgan fingerprint density at radius 3 is 3.17 bits per heavy atom. The maximum Gasteiger partial charge on any atom is 0.0772 e. The van der Waals surface area contributed by atoms with E-state index in [1.165, 1.54) is 25.7 Å². The topological polar surface area (TPSA) is 51.4 Å². The van der Waals surface area contributed by atoms with E-state index in [-0.39, 0.29) is 0 Å². The highest BCUT2D eigenvalue weighted by Crippen LogP contribution is 2.29. The first-order valence-electron chi connectivity index (χ1n) is 6.89. The molecule has 2 fully saturated rings. The molecule has 0 bridgehead atoms. The predicted octanol–water partition coefficient (Wildman–Crippen LogP) is 1.81. The van der Waals surface area contributed by atoms with E-state index in [1.807, 2.05) is 18.3 Å². The Bertz CT molecular complexity index is 408. The van der Waals surface area contributed by atoms with Crippen molar-refractivity contribution in [3.05, 3.63) is 24.0 Å².